The van der Waals surface area contributed by atoms with Crippen LogP contribution in [0, 0.1) is 0 Å². The molecule has 0 bridgehead atoms. The van der Waals surface area contributed by atoms with E-state index in [1.54, 1.807) is 43.9 Å². The Labute approximate surface area is 245 Å². The number of amides is 3. The molecule has 0 spiro atoms. The van der Waals surface area contributed by atoms with Crippen molar-refractivity contribution in [3.8, 4) is 5.75 Å². The van der Waals surface area contributed by atoms with Gasteiger partial charge in [0.25, 0.3) is 0 Å². The van der Waals surface area contributed by atoms with Crippen molar-refractivity contribution in [2.75, 3.05) is 13.1 Å². The summed E-state index contributed by atoms with van der Waals surface area (Å²) in [6.07, 6.45) is 5.47. The number of aromatic hydroxyl groups is 1. The van der Waals surface area contributed by atoms with Crippen LogP contribution in [0.25, 0.3) is 6.08 Å². The van der Waals surface area contributed by atoms with E-state index in [-0.39, 0.29) is 18.1 Å². The summed E-state index contributed by atoms with van der Waals surface area (Å²) in [5.74, 6) is -0.564. The van der Waals surface area contributed by atoms with Gasteiger partial charge in [0.1, 0.15) is 23.4 Å². The first-order chi connectivity index (χ1) is 19.5. The van der Waals surface area contributed by atoms with Gasteiger partial charge < -0.3 is 25.4 Å². The van der Waals surface area contributed by atoms with Crippen molar-refractivity contribution in [3.63, 3.8) is 0 Å². The molecule has 41 heavy (non-hydrogen) atoms. The molecule has 0 aliphatic rings. The summed E-state index contributed by atoms with van der Waals surface area (Å²) >= 11 is 0. The van der Waals surface area contributed by atoms with Crippen molar-refractivity contribution in [2.45, 2.75) is 90.8 Å². The molecular weight excluding hydrogens is 518 g/mol. The Kier molecular flexibility index (Phi) is 13.4. The standard InChI is InChI=1S/C33H47N3O5/c1-7-10-12-20-34-30(38)29(26-15-13-14-24(9-3)22-26)36(21-11-8-2)31(39)28(35-32(40)41-33(4,5)6)23-25-16-18-27(37)19-17-25/h9,13-19,22,28-29,37H,3,7-8,10-12,20-21,23H2,1-2,4-6H3,(H,34,38)(H,35,40). The highest BCUT2D eigenvalue weighted by molar-refractivity contribution is 5.92. The Hall–Kier alpha value is -3.81. The number of hydrogen-bond donors (Lipinski definition) is 3. The first kappa shape index (κ1) is 33.4. The van der Waals surface area contributed by atoms with E-state index in [0.29, 0.717) is 25.1 Å². The number of carbonyl (C=O) groups is 3. The monoisotopic (exact) mass is 565 g/mol. The lowest BCUT2D eigenvalue weighted by Crippen LogP contribution is -2.54. The quantitative estimate of drug-likeness (QED) is 0.225. The summed E-state index contributed by atoms with van der Waals surface area (Å²) in [5.41, 5.74) is 1.48. The molecule has 0 radical (unpaired) electrons. The van der Waals surface area contributed by atoms with Gasteiger partial charge in [-0.25, -0.2) is 4.79 Å². The summed E-state index contributed by atoms with van der Waals surface area (Å²) in [5, 5.41) is 15.5. The van der Waals surface area contributed by atoms with Crippen LogP contribution in [0.3, 0.4) is 0 Å². The second-order valence-corrected chi connectivity index (χ2v) is 11.2. The van der Waals surface area contributed by atoms with E-state index in [1.807, 2.05) is 31.2 Å². The van der Waals surface area contributed by atoms with Crippen molar-refractivity contribution in [1.82, 2.24) is 15.5 Å². The predicted molar refractivity (Wildman–Crippen MR) is 163 cm³/mol. The Bertz CT molecular complexity index is 1140. The summed E-state index contributed by atoms with van der Waals surface area (Å²) in [6.45, 7) is 14.1. The van der Waals surface area contributed by atoms with Crippen LogP contribution in [0.5, 0.6) is 5.75 Å². The van der Waals surface area contributed by atoms with Crippen molar-refractivity contribution >= 4 is 24.0 Å². The number of phenolic OH excluding ortho intramolecular Hbond substituents is 1. The molecule has 0 saturated heterocycles. The van der Waals surface area contributed by atoms with Gasteiger partial charge in [0.15, 0.2) is 0 Å². The lowest BCUT2D eigenvalue weighted by atomic mass is 9.98. The molecule has 2 rings (SSSR count). The van der Waals surface area contributed by atoms with E-state index < -0.39 is 29.7 Å². The predicted octanol–water partition coefficient (Wildman–Crippen LogP) is 6.15. The molecule has 0 fully saturated rings. The number of benzene rings is 2. The zero-order valence-corrected chi connectivity index (χ0v) is 25.2. The summed E-state index contributed by atoms with van der Waals surface area (Å²) in [4.78, 5) is 42.6. The average Bonchev–Trinajstić information content (AvgIpc) is 2.92. The number of hydrogen-bond acceptors (Lipinski definition) is 5. The molecule has 2 atom stereocenters. The van der Waals surface area contributed by atoms with Crippen molar-refractivity contribution < 1.29 is 24.2 Å². The Morgan fingerprint density at radius 3 is 2.32 bits per heavy atom. The van der Waals surface area contributed by atoms with Gasteiger partial charge in [0.2, 0.25) is 11.8 Å². The maximum atomic E-state index is 14.4. The van der Waals surface area contributed by atoms with Crippen LogP contribution in [-0.2, 0) is 20.7 Å². The molecule has 0 aliphatic heterocycles. The lowest BCUT2D eigenvalue weighted by molar-refractivity contribution is -0.142. The number of carbonyl (C=O) groups excluding carboxylic acids is 3. The molecule has 2 aromatic rings. The second kappa shape index (κ2) is 16.5. The molecule has 2 aromatic carbocycles. The van der Waals surface area contributed by atoms with Crippen LogP contribution in [0.15, 0.2) is 55.1 Å². The largest absolute Gasteiger partial charge is 0.508 e. The fraction of sp³-hybridized carbons (Fsp3) is 0.485. The first-order valence-electron chi connectivity index (χ1n) is 14.6. The normalized spacial score (nSPS) is 12.6. The molecule has 2 unspecified atom stereocenters. The molecule has 8 heteroatoms. The topological polar surface area (TPSA) is 108 Å². The third-order valence-corrected chi connectivity index (χ3v) is 6.50. The number of nitrogens with zero attached hydrogens (tertiary/aromatic N) is 1. The van der Waals surface area contributed by atoms with E-state index in [0.717, 1.165) is 36.8 Å². The summed E-state index contributed by atoms with van der Waals surface area (Å²) < 4.78 is 5.48. The number of nitrogens with one attached hydrogen (secondary N) is 2. The Balaban J connectivity index is 2.54. The molecule has 8 nitrogen and oxygen atoms in total. The van der Waals surface area contributed by atoms with Gasteiger partial charge in [-0.2, -0.15) is 0 Å². The maximum absolute atomic E-state index is 14.4. The third kappa shape index (κ3) is 11.3. The number of rotatable bonds is 15. The molecule has 0 aromatic heterocycles. The minimum Gasteiger partial charge on any atom is -0.508 e. The van der Waals surface area contributed by atoms with Crippen LogP contribution in [0.4, 0.5) is 4.79 Å². The van der Waals surface area contributed by atoms with E-state index in [9.17, 15) is 19.5 Å². The highest BCUT2D eigenvalue weighted by atomic mass is 16.6. The van der Waals surface area contributed by atoms with Gasteiger partial charge >= 0.3 is 6.09 Å². The lowest BCUT2D eigenvalue weighted by Gasteiger charge is -2.35. The molecule has 224 valence electrons. The number of ether oxygens (including phenoxy) is 1. The van der Waals surface area contributed by atoms with Crippen molar-refractivity contribution in [3.05, 3.63) is 71.8 Å². The van der Waals surface area contributed by atoms with Gasteiger partial charge in [0.05, 0.1) is 0 Å². The van der Waals surface area contributed by atoms with E-state index in [2.05, 4.69) is 24.1 Å². The van der Waals surface area contributed by atoms with Crippen LogP contribution in [0.1, 0.15) is 89.5 Å². The van der Waals surface area contributed by atoms with E-state index in [4.69, 9.17) is 4.74 Å². The van der Waals surface area contributed by atoms with E-state index >= 15 is 0 Å². The number of phenols is 1. The van der Waals surface area contributed by atoms with Crippen molar-refractivity contribution in [2.24, 2.45) is 0 Å². The average molecular weight is 566 g/mol. The first-order valence-corrected chi connectivity index (χ1v) is 14.6. The third-order valence-electron chi connectivity index (χ3n) is 6.50. The molecule has 0 aliphatic carbocycles. The van der Waals surface area contributed by atoms with Crippen molar-refractivity contribution in [1.29, 1.82) is 0 Å². The zero-order valence-electron chi connectivity index (χ0n) is 25.2. The fourth-order valence-electron chi connectivity index (χ4n) is 4.42. The highest BCUT2D eigenvalue weighted by Crippen LogP contribution is 2.26. The molecule has 3 N–H and O–H groups in total. The zero-order chi connectivity index (χ0) is 30.4. The smallest absolute Gasteiger partial charge is 0.408 e. The Morgan fingerprint density at radius 1 is 1.02 bits per heavy atom. The number of unbranched alkanes of at least 4 members (excludes halogenated alkanes) is 3. The molecular formula is C33H47N3O5. The molecule has 0 saturated carbocycles. The van der Waals surface area contributed by atoms with Gasteiger partial charge in [-0.3, -0.25) is 9.59 Å². The minimum atomic E-state index is -1.01. The molecule has 3 amide bonds. The summed E-state index contributed by atoms with van der Waals surface area (Å²) in [7, 11) is 0. The van der Waals surface area contributed by atoms with Gasteiger partial charge in [-0.1, -0.05) is 76.1 Å². The van der Waals surface area contributed by atoms with Gasteiger partial charge in [0, 0.05) is 19.5 Å². The fourth-order valence-corrected chi connectivity index (χ4v) is 4.42. The molecule has 0 heterocycles. The van der Waals surface area contributed by atoms with Crippen LogP contribution in [-0.4, -0.2) is 52.6 Å². The van der Waals surface area contributed by atoms with Gasteiger partial charge in [-0.05, 0) is 68.5 Å². The second-order valence-electron chi connectivity index (χ2n) is 11.2. The highest BCUT2D eigenvalue weighted by Gasteiger charge is 2.36. The van der Waals surface area contributed by atoms with Crippen LogP contribution < -0.4 is 10.6 Å². The maximum Gasteiger partial charge on any atom is 0.408 e. The van der Waals surface area contributed by atoms with E-state index in [1.165, 1.54) is 12.1 Å². The minimum absolute atomic E-state index is 0.100. The Morgan fingerprint density at radius 2 is 1.71 bits per heavy atom. The number of alkyl carbamates (subject to hydrolysis) is 1. The summed E-state index contributed by atoms with van der Waals surface area (Å²) in [6, 6.07) is 12.0. The van der Waals surface area contributed by atoms with Crippen LogP contribution >= 0.6 is 0 Å². The van der Waals surface area contributed by atoms with Gasteiger partial charge in [-0.15, -0.1) is 0 Å². The van der Waals surface area contributed by atoms with Crippen LogP contribution in [0.2, 0.25) is 0 Å². The SMILES string of the molecule is C=Cc1cccc(C(C(=O)NCCCCC)N(CCCC)C(=O)C(Cc2ccc(O)cc2)NC(=O)OC(C)(C)C)c1.